The predicted octanol–water partition coefficient (Wildman–Crippen LogP) is 1.10. The number of carbonyl (C=O) groups excluding carboxylic acids is 1. The van der Waals surface area contributed by atoms with Gasteiger partial charge in [-0.05, 0) is 25.7 Å². The first kappa shape index (κ1) is 13.0. The SMILES string of the molecule is NC(=NO)C1CCN(C(=O)NC2CCCC2)CC1. The van der Waals surface area contributed by atoms with E-state index in [4.69, 9.17) is 10.9 Å². The van der Waals surface area contributed by atoms with Gasteiger partial charge in [0.15, 0.2) is 0 Å². The number of oxime groups is 1. The molecule has 1 aliphatic heterocycles. The maximum atomic E-state index is 12.0. The summed E-state index contributed by atoms with van der Waals surface area (Å²) in [5.41, 5.74) is 5.58. The van der Waals surface area contributed by atoms with E-state index in [1.807, 2.05) is 4.90 Å². The molecule has 6 nitrogen and oxygen atoms in total. The van der Waals surface area contributed by atoms with E-state index in [0.29, 0.717) is 19.1 Å². The van der Waals surface area contributed by atoms with Gasteiger partial charge in [-0.3, -0.25) is 0 Å². The minimum Gasteiger partial charge on any atom is -0.409 e. The molecule has 1 aliphatic carbocycles. The van der Waals surface area contributed by atoms with E-state index in [2.05, 4.69) is 10.5 Å². The standard InChI is InChI=1S/C12H22N4O2/c13-11(15-18)9-5-7-16(8-6-9)12(17)14-10-3-1-2-4-10/h9-10,18H,1-8H2,(H2,13,15)(H,14,17). The molecular weight excluding hydrogens is 232 g/mol. The lowest BCUT2D eigenvalue weighted by Crippen LogP contribution is -2.48. The van der Waals surface area contributed by atoms with Crippen LogP contribution >= 0.6 is 0 Å². The molecule has 1 heterocycles. The molecule has 4 N–H and O–H groups in total. The number of amides is 2. The predicted molar refractivity (Wildman–Crippen MR) is 68.5 cm³/mol. The van der Waals surface area contributed by atoms with Crippen LogP contribution in [-0.4, -0.2) is 41.1 Å². The molecule has 0 bridgehead atoms. The number of hydrogen-bond donors (Lipinski definition) is 3. The lowest BCUT2D eigenvalue weighted by Gasteiger charge is -2.32. The van der Waals surface area contributed by atoms with Gasteiger partial charge in [0.05, 0.1) is 0 Å². The monoisotopic (exact) mass is 254 g/mol. The average Bonchev–Trinajstić information content (AvgIpc) is 2.91. The summed E-state index contributed by atoms with van der Waals surface area (Å²) in [6.45, 7) is 1.36. The second-order valence-corrected chi connectivity index (χ2v) is 5.22. The van der Waals surface area contributed by atoms with Gasteiger partial charge in [-0.15, -0.1) is 0 Å². The first-order valence-corrected chi connectivity index (χ1v) is 6.73. The molecule has 0 spiro atoms. The molecule has 0 atom stereocenters. The summed E-state index contributed by atoms with van der Waals surface area (Å²) in [7, 11) is 0. The first-order valence-electron chi connectivity index (χ1n) is 6.73. The summed E-state index contributed by atoms with van der Waals surface area (Å²) in [4.78, 5) is 13.8. The first-order chi connectivity index (χ1) is 8.70. The minimum atomic E-state index is 0.0415. The highest BCUT2D eigenvalue weighted by Gasteiger charge is 2.26. The van der Waals surface area contributed by atoms with Crippen LogP contribution in [0.15, 0.2) is 5.16 Å². The fourth-order valence-corrected chi connectivity index (χ4v) is 2.80. The van der Waals surface area contributed by atoms with Crippen LogP contribution in [0.4, 0.5) is 4.79 Å². The van der Waals surface area contributed by atoms with Crippen LogP contribution in [0.1, 0.15) is 38.5 Å². The number of likely N-dealkylation sites (tertiary alicyclic amines) is 1. The molecule has 2 amide bonds. The molecule has 6 heteroatoms. The van der Waals surface area contributed by atoms with Crippen molar-refractivity contribution in [2.45, 2.75) is 44.6 Å². The van der Waals surface area contributed by atoms with E-state index in [1.54, 1.807) is 0 Å². The highest BCUT2D eigenvalue weighted by Crippen LogP contribution is 2.20. The van der Waals surface area contributed by atoms with Crippen LogP contribution in [0, 0.1) is 5.92 Å². The maximum Gasteiger partial charge on any atom is 0.317 e. The second-order valence-electron chi connectivity index (χ2n) is 5.22. The normalized spacial score (nSPS) is 23.3. The Kier molecular flexibility index (Phi) is 4.28. The maximum absolute atomic E-state index is 12.0. The highest BCUT2D eigenvalue weighted by molar-refractivity contribution is 5.82. The van der Waals surface area contributed by atoms with Gasteiger partial charge in [0.25, 0.3) is 0 Å². The summed E-state index contributed by atoms with van der Waals surface area (Å²) >= 11 is 0. The van der Waals surface area contributed by atoms with Gasteiger partial charge < -0.3 is 21.2 Å². The molecule has 2 fully saturated rings. The van der Waals surface area contributed by atoms with Crippen LogP contribution < -0.4 is 11.1 Å². The van der Waals surface area contributed by atoms with Gasteiger partial charge in [-0.1, -0.05) is 18.0 Å². The molecule has 0 radical (unpaired) electrons. The van der Waals surface area contributed by atoms with Crippen molar-refractivity contribution < 1.29 is 10.0 Å². The Bertz CT molecular complexity index is 318. The number of rotatable bonds is 2. The van der Waals surface area contributed by atoms with E-state index < -0.39 is 0 Å². The van der Waals surface area contributed by atoms with Crippen molar-refractivity contribution in [2.24, 2.45) is 16.8 Å². The molecule has 0 aromatic heterocycles. The molecule has 0 aromatic rings. The third-order valence-corrected chi connectivity index (χ3v) is 4.00. The van der Waals surface area contributed by atoms with Gasteiger partial charge in [0, 0.05) is 25.0 Å². The third kappa shape index (κ3) is 3.05. The van der Waals surface area contributed by atoms with Gasteiger partial charge in [0.1, 0.15) is 5.84 Å². The molecule has 2 rings (SSSR count). The number of hydrogen-bond acceptors (Lipinski definition) is 3. The fraction of sp³-hybridized carbons (Fsp3) is 0.833. The largest absolute Gasteiger partial charge is 0.409 e. The molecule has 102 valence electrons. The Hall–Kier alpha value is -1.46. The molecule has 2 aliphatic rings. The number of nitrogens with two attached hydrogens (primary N) is 1. The van der Waals surface area contributed by atoms with E-state index in [0.717, 1.165) is 25.7 Å². The van der Waals surface area contributed by atoms with Crippen molar-refractivity contribution >= 4 is 11.9 Å². The molecule has 1 saturated carbocycles. The number of carbonyl (C=O) groups is 1. The number of urea groups is 1. The average molecular weight is 254 g/mol. The number of piperidine rings is 1. The quantitative estimate of drug-likeness (QED) is 0.298. The molecule has 0 aromatic carbocycles. The van der Waals surface area contributed by atoms with E-state index in [-0.39, 0.29) is 17.8 Å². The van der Waals surface area contributed by atoms with Crippen LogP contribution in [0.3, 0.4) is 0 Å². The van der Waals surface area contributed by atoms with Crippen molar-refractivity contribution in [3.63, 3.8) is 0 Å². The Morgan fingerprint density at radius 1 is 1.22 bits per heavy atom. The van der Waals surface area contributed by atoms with Crippen molar-refractivity contribution in [2.75, 3.05) is 13.1 Å². The number of amidine groups is 1. The fourth-order valence-electron chi connectivity index (χ4n) is 2.80. The van der Waals surface area contributed by atoms with Gasteiger partial charge in [-0.25, -0.2) is 4.79 Å². The molecule has 18 heavy (non-hydrogen) atoms. The van der Waals surface area contributed by atoms with Crippen LogP contribution in [0.5, 0.6) is 0 Å². The summed E-state index contributed by atoms with van der Waals surface area (Å²) < 4.78 is 0. The minimum absolute atomic E-state index is 0.0415. The topological polar surface area (TPSA) is 91.0 Å². The Labute approximate surface area is 107 Å². The summed E-state index contributed by atoms with van der Waals surface area (Å²) in [5, 5.41) is 14.7. The number of nitrogens with one attached hydrogen (secondary N) is 1. The summed E-state index contributed by atoms with van der Waals surface area (Å²) in [6.07, 6.45) is 6.19. The lowest BCUT2D eigenvalue weighted by atomic mass is 9.96. The zero-order chi connectivity index (χ0) is 13.0. The molecular formula is C12H22N4O2. The van der Waals surface area contributed by atoms with Crippen LogP contribution in [0.25, 0.3) is 0 Å². The van der Waals surface area contributed by atoms with Gasteiger partial charge >= 0.3 is 6.03 Å². The lowest BCUT2D eigenvalue weighted by molar-refractivity contribution is 0.176. The van der Waals surface area contributed by atoms with Gasteiger partial charge in [0.2, 0.25) is 0 Å². The van der Waals surface area contributed by atoms with E-state index in [9.17, 15) is 4.79 Å². The second kappa shape index (κ2) is 5.93. The third-order valence-electron chi connectivity index (χ3n) is 4.00. The highest BCUT2D eigenvalue weighted by atomic mass is 16.4. The Morgan fingerprint density at radius 3 is 2.39 bits per heavy atom. The zero-order valence-corrected chi connectivity index (χ0v) is 10.6. The van der Waals surface area contributed by atoms with Crippen molar-refractivity contribution in [3.05, 3.63) is 0 Å². The van der Waals surface area contributed by atoms with Crippen LogP contribution in [-0.2, 0) is 0 Å². The van der Waals surface area contributed by atoms with E-state index >= 15 is 0 Å². The van der Waals surface area contributed by atoms with Crippen molar-refractivity contribution in [1.29, 1.82) is 0 Å². The summed E-state index contributed by atoms with van der Waals surface area (Å²) in [6, 6.07) is 0.402. The van der Waals surface area contributed by atoms with E-state index in [1.165, 1.54) is 12.8 Å². The molecule has 0 unspecified atom stereocenters. The summed E-state index contributed by atoms with van der Waals surface area (Å²) in [5.74, 6) is 0.386. The zero-order valence-electron chi connectivity index (χ0n) is 10.6. The Balaban J connectivity index is 1.76. The van der Waals surface area contributed by atoms with Crippen molar-refractivity contribution in [1.82, 2.24) is 10.2 Å². The van der Waals surface area contributed by atoms with Gasteiger partial charge in [-0.2, -0.15) is 0 Å². The van der Waals surface area contributed by atoms with Crippen LogP contribution in [0.2, 0.25) is 0 Å². The Morgan fingerprint density at radius 2 is 1.83 bits per heavy atom. The van der Waals surface area contributed by atoms with Crippen molar-refractivity contribution in [3.8, 4) is 0 Å². The smallest absolute Gasteiger partial charge is 0.317 e. The number of nitrogens with zero attached hydrogens (tertiary/aromatic N) is 2. The molecule has 1 saturated heterocycles.